The van der Waals surface area contributed by atoms with Crippen LogP contribution in [-0.4, -0.2) is 41.7 Å². The molecule has 158 valence electrons. The van der Waals surface area contributed by atoms with Gasteiger partial charge in [-0.15, -0.1) is 0 Å². The van der Waals surface area contributed by atoms with E-state index in [-0.39, 0.29) is 22.1 Å². The second-order valence-corrected chi connectivity index (χ2v) is 8.01. The highest BCUT2D eigenvalue weighted by atomic mass is 35.5. The minimum atomic E-state index is -4.10. The quantitative estimate of drug-likeness (QED) is 0.429. The average molecular weight is 456 g/mol. The lowest BCUT2D eigenvalue weighted by molar-refractivity contribution is -0.135. The fourth-order valence-corrected chi connectivity index (χ4v) is 3.65. The molecule has 4 N–H and O–H groups in total. The number of halogens is 2. The lowest BCUT2D eigenvalue weighted by atomic mass is 10.2. The Morgan fingerprint density at radius 1 is 1.20 bits per heavy atom. The predicted octanol–water partition coefficient (Wildman–Crippen LogP) is 1.95. The van der Waals surface area contributed by atoms with Gasteiger partial charge in [0.2, 0.25) is 0 Å². The summed E-state index contributed by atoms with van der Waals surface area (Å²) in [5.74, 6) is -2.48. The van der Waals surface area contributed by atoms with Gasteiger partial charge in [0.15, 0.2) is 0 Å². The molecule has 0 saturated heterocycles. The molecule has 0 aliphatic rings. The highest BCUT2D eigenvalue weighted by molar-refractivity contribution is 7.90. The van der Waals surface area contributed by atoms with E-state index in [0.717, 1.165) is 6.07 Å². The first-order valence-electron chi connectivity index (χ1n) is 8.28. The first-order chi connectivity index (χ1) is 14.1. The number of aryl methyl sites for hydroxylation is 1. The van der Waals surface area contributed by atoms with Gasteiger partial charge in [-0.25, -0.2) is 4.39 Å². The van der Waals surface area contributed by atoms with Crippen molar-refractivity contribution in [2.75, 3.05) is 16.6 Å². The van der Waals surface area contributed by atoms with Crippen LogP contribution in [0.1, 0.15) is 10.5 Å². The summed E-state index contributed by atoms with van der Waals surface area (Å²) in [6, 6.07) is 8.02. The number of hydrogen-bond acceptors (Lipinski definition) is 5. The molecule has 0 bridgehead atoms. The smallest absolute Gasteiger partial charge is 0.318 e. The lowest BCUT2D eigenvalue weighted by Crippen LogP contribution is -2.34. The van der Waals surface area contributed by atoms with Gasteiger partial charge in [-0.2, -0.15) is 18.2 Å². The lowest BCUT2D eigenvalue weighted by Gasteiger charge is -2.08. The highest BCUT2D eigenvalue weighted by Gasteiger charge is 2.19. The molecule has 2 aromatic carbocycles. The number of amides is 1. The van der Waals surface area contributed by atoms with E-state index < -0.39 is 34.4 Å². The molecule has 0 saturated carbocycles. The highest BCUT2D eigenvalue weighted by Crippen LogP contribution is 2.24. The second kappa shape index (κ2) is 8.26. The summed E-state index contributed by atoms with van der Waals surface area (Å²) in [5.41, 5.74) is 0.910. The molecular formula is C17H15ClFN5O5S. The van der Waals surface area contributed by atoms with Crippen molar-refractivity contribution in [2.24, 2.45) is 7.05 Å². The van der Waals surface area contributed by atoms with Gasteiger partial charge in [-0.05, 0) is 36.4 Å². The Kier molecular flexibility index (Phi) is 5.92. The summed E-state index contributed by atoms with van der Waals surface area (Å²) >= 11 is 5.72. The fraction of sp³-hybridized carbons (Fsp3) is 0.118. The minimum absolute atomic E-state index is 0.121. The summed E-state index contributed by atoms with van der Waals surface area (Å²) in [7, 11) is -2.57. The number of anilines is 2. The second-order valence-electron chi connectivity index (χ2n) is 6.11. The number of nitrogens with zero attached hydrogens (tertiary/aromatic N) is 2. The van der Waals surface area contributed by atoms with Crippen molar-refractivity contribution < 1.29 is 27.5 Å². The molecule has 0 spiro atoms. The van der Waals surface area contributed by atoms with Crippen LogP contribution in [0.4, 0.5) is 15.8 Å². The van der Waals surface area contributed by atoms with Crippen LogP contribution in [-0.2, 0) is 22.1 Å². The normalized spacial score (nSPS) is 11.4. The SMILES string of the molecule is Cn1nc2cc(NS(=O)(=O)NCC(=O)O)ccc2c1C(=O)Nc1ccc(F)c(Cl)c1. The van der Waals surface area contributed by atoms with E-state index in [1.807, 2.05) is 4.72 Å². The van der Waals surface area contributed by atoms with Crippen LogP contribution in [0.15, 0.2) is 36.4 Å². The Bertz CT molecular complexity index is 1260. The summed E-state index contributed by atoms with van der Waals surface area (Å²) in [5, 5.41) is 15.7. The third kappa shape index (κ3) is 4.84. The number of rotatable bonds is 7. The molecule has 13 heteroatoms. The topological polar surface area (TPSA) is 142 Å². The van der Waals surface area contributed by atoms with Crippen LogP contribution in [0.25, 0.3) is 10.9 Å². The molecule has 0 unspecified atom stereocenters. The summed E-state index contributed by atoms with van der Waals surface area (Å²) in [4.78, 5) is 23.2. The fourth-order valence-electron chi connectivity index (χ4n) is 2.65. The number of carbonyl (C=O) groups excluding carboxylic acids is 1. The molecule has 0 fully saturated rings. The molecule has 1 amide bonds. The Morgan fingerprint density at radius 2 is 1.90 bits per heavy atom. The summed E-state index contributed by atoms with van der Waals surface area (Å²) in [6.45, 7) is -0.779. The zero-order chi connectivity index (χ0) is 22.1. The van der Waals surface area contributed by atoms with Gasteiger partial charge in [0.1, 0.15) is 18.1 Å². The largest absolute Gasteiger partial charge is 0.480 e. The van der Waals surface area contributed by atoms with Crippen LogP contribution in [0.2, 0.25) is 5.02 Å². The van der Waals surface area contributed by atoms with E-state index in [0.29, 0.717) is 10.9 Å². The molecule has 3 aromatic rings. The third-order valence-electron chi connectivity index (χ3n) is 3.89. The number of carbonyl (C=O) groups is 2. The summed E-state index contributed by atoms with van der Waals surface area (Å²) < 4.78 is 42.4. The van der Waals surface area contributed by atoms with Gasteiger partial charge in [0, 0.05) is 18.1 Å². The standard InChI is InChI=1S/C17H15ClFN5O5S/c1-24-16(17(27)21-9-3-5-13(19)12(18)6-9)11-4-2-10(7-14(11)22-24)23-30(28,29)20-8-15(25)26/h2-7,20,23H,8H2,1H3,(H,21,27)(H,25,26). The van der Waals surface area contributed by atoms with Crippen LogP contribution < -0.4 is 14.8 Å². The van der Waals surface area contributed by atoms with E-state index in [1.165, 1.54) is 42.1 Å². The Balaban J connectivity index is 1.85. The zero-order valence-electron chi connectivity index (χ0n) is 15.3. The van der Waals surface area contributed by atoms with Crippen LogP contribution in [0.3, 0.4) is 0 Å². The van der Waals surface area contributed by atoms with Crippen molar-refractivity contribution in [3.05, 3.63) is 52.9 Å². The van der Waals surface area contributed by atoms with Crippen LogP contribution in [0, 0.1) is 5.82 Å². The van der Waals surface area contributed by atoms with Gasteiger partial charge in [-0.3, -0.25) is 19.0 Å². The monoisotopic (exact) mass is 455 g/mol. The maximum absolute atomic E-state index is 13.3. The number of carboxylic acids is 1. The molecule has 0 aliphatic heterocycles. The Morgan fingerprint density at radius 3 is 2.57 bits per heavy atom. The van der Waals surface area contributed by atoms with Crippen molar-refractivity contribution in [3.8, 4) is 0 Å². The number of nitrogens with one attached hydrogen (secondary N) is 3. The maximum atomic E-state index is 13.3. The molecule has 0 aliphatic carbocycles. The van der Waals surface area contributed by atoms with E-state index in [9.17, 15) is 22.4 Å². The first-order valence-corrected chi connectivity index (χ1v) is 10.1. The number of aromatic nitrogens is 2. The first kappa shape index (κ1) is 21.5. The van der Waals surface area contributed by atoms with E-state index in [1.54, 1.807) is 0 Å². The average Bonchev–Trinajstić information content (AvgIpc) is 2.98. The van der Waals surface area contributed by atoms with Crippen molar-refractivity contribution in [3.63, 3.8) is 0 Å². The Hall–Kier alpha value is -3.22. The molecular weight excluding hydrogens is 441 g/mol. The van der Waals surface area contributed by atoms with Crippen molar-refractivity contribution in [2.45, 2.75) is 0 Å². The molecule has 0 atom stereocenters. The molecule has 0 radical (unpaired) electrons. The van der Waals surface area contributed by atoms with Gasteiger partial charge in [-0.1, -0.05) is 11.6 Å². The number of aliphatic carboxylic acids is 1. The molecule has 1 aromatic heterocycles. The van der Waals surface area contributed by atoms with Crippen molar-refractivity contribution in [1.82, 2.24) is 14.5 Å². The molecule has 3 rings (SSSR count). The number of benzene rings is 2. The number of hydrogen-bond donors (Lipinski definition) is 4. The maximum Gasteiger partial charge on any atom is 0.318 e. The van der Waals surface area contributed by atoms with E-state index in [2.05, 4.69) is 15.1 Å². The van der Waals surface area contributed by atoms with Gasteiger partial charge < -0.3 is 10.4 Å². The van der Waals surface area contributed by atoms with Gasteiger partial charge >= 0.3 is 5.97 Å². The zero-order valence-corrected chi connectivity index (χ0v) is 16.9. The Labute approximate surface area is 174 Å². The predicted molar refractivity (Wildman–Crippen MR) is 108 cm³/mol. The van der Waals surface area contributed by atoms with Crippen molar-refractivity contribution in [1.29, 1.82) is 0 Å². The third-order valence-corrected chi connectivity index (χ3v) is 5.21. The molecule has 30 heavy (non-hydrogen) atoms. The van der Waals surface area contributed by atoms with Crippen LogP contribution >= 0.6 is 11.6 Å². The summed E-state index contributed by atoms with van der Waals surface area (Å²) in [6.07, 6.45) is 0. The van der Waals surface area contributed by atoms with Gasteiger partial charge in [0.05, 0.1) is 16.2 Å². The van der Waals surface area contributed by atoms with Crippen molar-refractivity contribution >= 4 is 56.0 Å². The number of fused-ring (bicyclic) bond motifs is 1. The molecule has 10 nitrogen and oxygen atoms in total. The van der Waals surface area contributed by atoms with E-state index >= 15 is 0 Å². The van der Waals surface area contributed by atoms with Gasteiger partial charge in [0.25, 0.3) is 16.1 Å². The molecule has 1 heterocycles. The minimum Gasteiger partial charge on any atom is -0.480 e. The van der Waals surface area contributed by atoms with E-state index in [4.69, 9.17) is 16.7 Å². The van der Waals surface area contributed by atoms with Crippen LogP contribution in [0.5, 0.6) is 0 Å². The number of carboxylic acid groups (broad SMARTS) is 1.